The summed E-state index contributed by atoms with van der Waals surface area (Å²) >= 11 is 0. The summed E-state index contributed by atoms with van der Waals surface area (Å²) in [7, 11) is 3.51. The maximum Gasteiger partial charge on any atom is 0.416 e. The van der Waals surface area contributed by atoms with Crippen LogP contribution in [0.1, 0.15) is 22.6 Å². The largest absolute Gasteiger partial charge is 0.416 e. The average Bonchev–Trinajstić information content (AvgIpc) is 2.84. The van der Waals surface area contributed by atoms with E-state index in [1.165, 1.54) is 6.07 Å². The Hall–Kier alpha value is -1.27. The molecule has 6 heteroatoms. The molecule has 0 bridgehead atoms. The summed E-state index contributed by atoms with van der Waals surface area (Å²) in [5, 5.41) is 3.19. The molecule has 20 heavy (non-hydrogen) atoms. The van der Waals surface area contributed by atoms with Crippen molar-refractivity contribution in [1.29, 1.82) is 0 Å². The van der Waals surface area contributed by atoms with E-state index < -0.39 is 11.7 Å². The summed E-state index contributed by atoms with van der Waals surface area (Å²) in [5.74, 6) is 0.0137. The lowest BCUT2D eigenvalue weighted by molar-refractivity contribution is -0.139. The third-order valence-electron chi connectivity index (χ3n) is 4.09. The lowest BCUT2D eigenvalue weighted by Gasteiger charge is -2.31. The first-order valence-corrected chi connectivity index (χ1v) is 6.61. The molecule has 1 saturated heterocycles. The predicted octanol–water partition coefficient (Wildman–Crippen LogP) is 2.36. The molecule has 2 aliphatic heterocycles. The molecule has 3 nitrogen and oxygen atoms in total. The Bertz CT molecular complexity index is 528. The van der Waals surface area contributed by atoms with E-state index in [-0.39, 0.29) is 18.6 Å². The van der Waals surface area contributed by atoms with Crippen molar-refractivity contribution in [2.24, 2.45) is 0 Å². The predicted molar refractivity (Wildman–Crippen MR) is 70.0 cm³/mol. The molecule has 0 aliphatic carbocycles. The number of hydrogen-bond acceptors (Lipinski definition) is 3. The van der Waals surface area contributed by atoms with Gasteiger partial charge in [-0.25, -0.2) is 0 Å². The van der Waals surface area contributed by atoms with Gasteiger partial charge in [-0.3, -0.25) is 0 Å². The minimum Gasteiger partial charge on any atom is -0.378 e. The van der Waals surface area contributed by atoms with E-state index in [1.807, 2.05) is 6.07 Å². The monoisotopic (exact) mass is 286 g/mol. The van der Waals surface area contributed by atoms with E-state index in [4.69, 9.17) is 4.74 Å². The average molecular weight is 286 g/mol. The summed E-state index contributed by atoms with van der Waals surface area (Å²) < 4.78 is 45.4. The quantitative estimate of drug-likeness (QED) is 0.857. The van der Waals surface area contributed by atoms with Gasteiger partial charge in [-0.15, -0.1) is 0 Å². The maximum absolute atomic E-state index is 13.3. The van der Waals surface area contributed by atoms with Gasteiger partial charge in [0.05, 0.1) is 18.3 Å². The topological polar surface area (TPSA) is 24.5 Å². The molecular weight excluding hydrogens is 269 g/mol. The Balaban J connectivity index is 2.17. The zero-order valence-electron chi connectivity index (χ0n) is 11.4. The van der Waals surface area contributed by atoms with Crippen molar-refractivity contribution in [2.75, 3.05) is 32.1 Å². The van der Waals surface area contributed by atoms with Gasteiger partial charge in [0, 0.05) is 38.8 Å². The van der Waals surface area contributed by atoms with Crippen LogP contribution >= 0.6 is 0 Å². The fourth-order valence-corrected chi connectivity index (χ4v) is 3.01. The minimum atomic E-state index is -4.35. The molecule has 0 aromatic heterocycles. The van der Waals surface area contributed by atoms with Gasteiger partial charge in [0.15, 0.2) is 0 Å². The van der Waals surface area contributed by atoms with Crippen molar-refractivity contribution >= 4 is 5.69 Å². The van der Waals surface area contributed by atoms with Gasteiger partial charge in [-0.1, -0.05) is 0 Å². The van der Waals surface area contributed by atoms with Crippen LogP contribution in [0.5, 0.6) is 0 Å². The standard InChI is InChI=1S/C14H17F3N2O/c1-19(2)8-3-9-10-5-18-6-13(10)20-7-11(9)12(4-8)14(15,16)17/h3-4,10,13,18H,5-7H2,1-2H3/t10-,13-/m0/s1. The fraction of sp³-hybridized carbons (Fsp3) is 0.571. The highest BCUT2D eigenvalue weighted by molar-refractivity contribution is 5.56. The van der Waals surface area contributed by atoms with Crippen LogP contribution in [-0.2, 0) is 17.5 Å². The van der Waals surface area contributed by atoms with E-state index in [0.29, 0.717) is 24.3 Å². The van der Waals surface area contributed by atoms with Gasteiger partial charge in [-0.05, 0) is 23.3 Å². The van der Waals surface area contributed by atoms with E-state index in [0.717, 1.165) is 5.56 Å². The molecule has 0 amide bonds. The highest BCUT2D eigenvalue weighted by Gasteiger charge is 2.41. The van der Waals surface area contributed by atoms with Crippen LogP contribution in [0.15, 0.2) is 12.1 Å². The van der Waals surface area contributed by atoms with E-state index in [2.05, 4.69) is 5.32 Å². The van der Waals surface area contributed by atoms with Gasteiger partial charge in [0.2, 0.25) is 0 Å². The van der Waals surface area contributed by atoms with Gasteiger partial charge in [-0.2, -0.15) is 13.2 Å². The zero-order chi connectivity index (χ0) is 14.5. The number of nitrogens with one attached hydrogen (secondary N) is 1. The molecule has 1 N–H and O–H groups in total. The Labute approximate surface area is 115 Å². The summed E-state index contributed by atoms with van der Waals surface area (Å²) in [6.45, 7) is 1.42. The first-order chi connectivity index (χ1) is 9.38. The number of rotatable bonds is 1. The highest BCUT2D eigenvalue weighted by atomic mass is 19.4. The Morgan fingerprint density at radius 3 is 2.65 bits per heavy atom. The summed E-state index contributed by atoms with van der Waals surface area (Å²) in [4.78, 5) is 1.71. The molecule has 110 valence electrons. The second kappa shape index (κ2) is 4.63. The zero-order valence-corrected chi connectivity index (χ0v) is 11.4. The number of halogens is 3. The second-order valence-electron chi connectivity index (χ2n) is 5.57. The van der Waals surface area contributed by atoms with Crippen LogP contribution in [0.4, 0.5) is 18.9 Å². The smallest absolute Gasteiger partial charge is 0.378 e. The number of anilines is 1. The lowest BCUT2D eigenvalue weighted by atomic mass is 9.86. The Morgan fingerprint density at radius 1 is 1.25 bits per heavy atom. The van der Waals surface area contributed by atoms with Crippen LogP contribution in [-0.4, -0.2) is 33.3 Å². The second-order valence-corrected chi connectivity index (χ2v) is 5.57. The third-order valence-corrected chi connectivity index (χ3v) is 4.09. The van der Waals surface area contributed by atoms with Crippen molar-refractivity contribution in [3.8, 4) is 0 Å². The fourth-order valence-electron chi connectivity index (χ4n) is 3.01. The van der Waals surface area contributed by atoms with Crippen molar-refractivity contribution in [1.82, 2.24) is 5.32 Å². The molecule has 0 spiro atoms. The molecule has 0 unspecified atom stereocenters. The Kier molecular flexibility index (Phi) is 3.17. The van der Waals surface area contributed by atoms with Crippen molar-refractivity contribution in [2.45, 2.75) is 24.8 Å². The van der Waals surface area contributed by atoms with Crippen LogP contribution in [0.3, 0.4) is 0 Å². The molecule has 2 atom stereocenters. The summed E-state index contributed by atoms with van der Waals surface area (Å²) in [6, 6.07) is 3.09. The summed E-state index contributed by atoms with van der Waals surface area (Å²) in [5.41, 5.74) is 1.10. The van der Waals surface area contributed by atoms with Crippen LogP contribution in [0.2, 0.25) is 0 Å². The van der Waals surface area contributed by atoms with Gasteiger partial charge < -0.3 is 15.0 Å². The van der Waals surface area contributed by atoms with Crippen molar-refractivity contribution < 1.29 is 17.9 Å². The van der Waals surface area contributed by atoms with Crippen molar-refractivity contribution in [3.05, 3.63) is 28.8 Å². The van der Waals surface area contributed by atoms with E-state index >= 15 is 0 Å². The number of benzene rings is 1. The lowest BCUT2D eigenvalue weighted by Crippen LogP contribution is -2.29. The SMILES string of the molecule is CN(C)c1cc2c(c(C(F)(F)F)c1)CO[C@H]1CNC[C@@H]21. The number of nitrogens with zero attached hydrogens (tertiary/aromatic N) is 1. The maximum atomic E-state index is 13.3. The summed E-state index contributed by atoms with van der Waals surface area (Å²) in [6.07, 6.45) is -4.36. The normalized spacial score (nSPS) is 25.2. The van der Waals surface area contributed by atoms with E-state index in [1.54, 1.807) is 19.0 Å². The van der Waals surface area contributed by atoms with Gasteiger partial charge >= 0.3 is 6.18 Å². The molecule has 3 rings (SSSR count). The first-order valence-electron chi connectivity index (χ1n) is 6.61. The molecule has 1 aromatic rings. The molecule has 0 saturated carbocycles. The van der Waals surface area contributed by atoms with Gasteiger partial charge in [0.1, 0.15) is 0 Å². The Morgan fingerprint density at radius 2 is 2.00 bits per heavy atom. The van der Waals surface area contributed by atoms with Crippen LogP contribution in [0, 0.1) is 0 Å². The molecule has 1 fully saturated rings. The van der Waals surface area contributed by atoms with Crippen LogP contribution < -0.4 is 10.2 Å². The van der Waals surface area contributed by atoms with Gasteiger partial charge in [0.25, 0.3) is 0 Å². The molecular formula is C14H17F3N2O. The van der Waals surface area contributed by atoms with E-state index in [9.17, 15) is 13.2 Å². The number of alkyl halides is 3. The third kappa shape index (κ3) is 2.16. The number of hydrogen-bond donors (Lipinski definition) is 1. The highest BCUT2D eigenvalue weighted by Crippen LogP contribution is 2.43. The molecule has 2 aliphatic rings. The molecule has 0 radical (unpaired) electrons. The molecule has 2 heterocycles. The molecule has 1 aromatic carbocycles. The number of ether oxygens (including phenoxy) is 1. The first kappa shape index (κ1) is 13.7. The van der Waals surface area contributed by atoms with Crippen LogP contribution in [0.25, 0.3) is 0 Å². The minimum absolute atomic E-state index is 0.0130. The van der Waals surface area contributed by atoms with Crippen molar-refractivity contribution in [3.63, 3.8) is 0 Å². The number of fused-ring (bicyclic) bond motifs is 3.